The van der Waals surface area contributed by atoms with Crippen LogP contribution in [0.15, 0.2) is 70.8 Å². The lowest BCUT2D eigenvalue weighted by Gasteiger charge is -2.10. The van der Waals surface area contributed by atoms with Crippen molar-refractivity contribution in [2.45, 2.75) is 0 Å². The van der Waals surface area contributed by atoms with E-state index in [9.17, 15) is 19.7 Å². The van der Waals surface area contributed by atoms with Crippen molar-refractivity contribution < 1.29 is 23.7 Å². The minimum atomic E-state index is -0.565. The van der Waals surface area contributed by atoms with E-state index in [1.807, 2.05) is 0 Å². The molecule has 0 spiro atoms. The summed E-state index contributed by atoms with van der Waals surface area (Å²) in [7, 11) is 1.45. The maximum atomic E-state index is 12.7. The van der Waals surface area contributed by atoms with Crippen molar-refractivity contribution in [1.29, 1.82) is 0 Å². The van der Waals surface area contributed by atoms with Gasteiger partial charge in [-0.3, -0.25) is 14.9 Å². The molecular weight excluding hydrogens is 390 g/mol. The first-order valence-corrected chi connectivity index (χ1v) is 8.83. The summed E-state index contributed by atoms with van der Waals surface area (Å²) < 4.78 is 11.0. The second kappa shape index (κ2) is 7.55. The number of amides is 3. The lowest BCUT2D eigenvalue weighted by molar-refractivity contribution is -0.384. The molecule has 3 amide bonds. The second-order valence-electron chi connectivity index (χ2n) is 6.31. The fourth-order valence-electron chi connectivity index (χ4n) is 3.07. The minimum absolute atomic E-state index is 0.0516. The number of nitrogens with zero attached hydrogens (tertiary/aromatic N) is 2. The van der Waals surface area contributed by atoms with Crippen LogP contribution in [0.2, 0.25) is 0 Å². The van der Waals surface area contributed by atoms with Crippen molar-refractivity contribution in [3.05, 3.63) is 82.2 Å². The molecular formula is C21H15N3O6. The van der Waals surface area contributed by atoms with E-state index in [4.69, 9.17) is 9.15 Å². The quantitative estimate of drug-likeness (QED) is 0.297. The molecule has 0 unspecified atom stereocenters. The van der Waals surface area contributed by atoms with Crippen molar-refractivity contribution in [2.75, 3.05) is 12.0 Å². The smallest absolute Gasteiger partial charge is 0.333 e. The lowest BCUT2D eigenvalue weighted by atomic mass is 10.1. The van der Waals surface area contributed by atoms with E-state index in [-0.39, 0.29) is 17.1 Å². The molecule has 4 rings (SSSR count). The van der Waals surface area contributed by atoms with Crippen molar-refractivity contribution in [3.8, 4) is 17.1 Å². The van der Waals surface area contributed by atoms with Crippen LogP contribution in [0.4, 0.5) is 16.2 Å². The van der Waals surface area contributed by atoms with Gasteiger partial charge in [0.2, 0.25) is 0 Å². The summed E-state index contributed by atoms with van der Waals surface area (Å²) in [5, 5.41) is 13.6. The van der Waals surface area contributed by atoms with Gasteiger partial charge in [-0.15, -0.1) is 0 Å². The number of urea groups is 1. The fourth-order valence-corrected chi connectivity index (χ4v) is 3.07. The number of nitrogens with one attached hydrogen (secondary N) is 1. The van der Waals surface area contributed by atoms with Crippen LogP contribution in [0.5, 0.6) is 5.75 Å². The molecule has 3 aromatic rings. The first-order valence-electron chi connectivity index (χ1n) is 8.83. The molecule has 9 heteroatoms. The van der Waals surface area contributed by atoms with Crippen molar-refractivity contribution >= 4 is 29.4 Å². The highest BCUT2D eigenvalue weighted by atomic mass is 16.6. The molecule has 1 fully saturated rings. The average molecular weight is 405 g/mol. The Morgan fingerprint density at radius 2 is 1.87 bits per heavy atom. The number of para-hydroxylation sites is 1. The van der Waals surface area contributed by atoms with Gasteiger partial charge in [-0.25, -0.2) is 9.69 Å². The number of carbonyl (C=O) groups excluding carboxylic acids is 2. The zero-order chi connectivity index (χ0) is 21.3. The molecule has 9 nitrogen and oxygen atoms in total. The number of imide groups is 1. The van der Waals surface area contributed by atoms with E-state index in [2.05, 4.69) is 5.32 Å². The van der Waals surface area contributed by atoms with Gasteiger partial charge in [0.15, 0.2) is 0 Å². The number of non-ortho nitro benzene ring substituents is 1. The molecule has 1 aliphatic rings. The Balaban J connectivity index is 1.65. The van der Waals surface area contributed by atoms with E-state index in [1.165, 1.54) is 31.4 Å². The third kappa shape index (κ3) is 3.39. The van der Waals surface area contributed by atoms with Gasteiger partial charge in [-0.05, 0) is 30.3 Å². The normalized spacial score (nSPS) is 14.8. The predicted octanol–water partition coefficient (Wildman–Crippen LogP) is 3.96. The highest BCUT2D eigenvalue weighted by Gasteiger charge is 2.35. The first kappa shape index (κ1) is 18.9. The van der Waals surface area contributed by atoms with Gasteiger partial charge < -0.3 is 14.5 Å². The van der Waals surface area contributed by atoms with Gasteiger partial charge in [-0.1, -0.05) is 18.2 Å². The van der Waals surface area contributed by atoms with Crippen LogP contribution < -0.4 is 15.0 Å². The summed E-state index contributed by atoms with van der Waals surface area (Å²) in [5.41, 5.74) is 0.781. The van der Waals surface area contributed by atoms with Gasteiger partial charge in [0.25, 0.3) is 11.6 Å². The maximum Gasteiger partial charge on any atom is 0.333 e. The zero-order valence-corrected chi connectivity index (χ0v) is 15.7. The molecule has 1 N–H and O–H groups in total. The number of anilines is 1. The number of furan rings is 1. The summed E-state index contributed by atoms with van der Waals surface area (Å²) in [5.74, 6) is 0.489. The van der Waals surface area contributed by atoms with E-state index < -0.39 is 16.9 Å². The molecule has 150 valence electrons. The van der Waals surface area contributed by atoms with Gasteiger partial charge in [-0.2, -0.15) is 0 Å². The summed E-state index contributed by atoms with van der Waals surface area (Å²) in [6.45, 7) is 0. The first-order chi connectivity index (χ1) is 14.5. The number of nitro groups is 1. The molecule has 0 saturated carbocycles. The van der Waals surface area contributed by atoms with Crippen LogP contribution in [0.3, 0.4) is 0 Å². The van der Waals surface area contributed by atoms with Crippen molar-refractivity contribution in [1.82, 2.24) is 5.32 Å². The number of carbonyl (C=O) groups is 2. The number of hydrogen-bond donors (Lipinski definition) is 1. The molecule has 0 aliphatic carbocycles. The highest BCUT2D eigenvalue weighted by molar-refractivity contribution is 6.28. The van der Waals surface area contributed by atoms with E-state index >= 15 is 0 Å². The van der Waals surface area contributed by atoms with Crippen LogP contribution in [-0.2, 0) is 4.79 Å². The van der Waals surface area contributed by atoms with Crippen molar-refractivity contribution in [3.63, 3.8) is 0 Å². The molecule has 2 heterocycles. The fraction of sp³-hybridized carbons (Fsp3) is 0.0476. The van der Waals surface area contributed by atoms with Gasteiger partial charge in [0.1, 0.15) is 23.0 Å². The molecule has 0 radical (unpaired) electrons. The molecule has 2 aromatic carbocycles. The van der Waals surface area contributed by atoms with Crippen LogP contribution >= 0.6 is 0 Å². The average Bonchev–Trinajstić information content (AvgIpc) is 3.32. The number of hydrogen-bond acceptors (Lipinski definition) is 6. The van der Waals surface area contributed by atoms with Gasteiger partial charge >= 0.3 is 6.03 Å². The van der Waals surface area contributed by atoms with Crippen LogP contribution in [0.25, 0.3) is 17.4 Å². The third-order valence-electron chi connectivity index (χ3n) is 4.47. The Hall–Kier alpha value is -4.40. The molecule has 1 aliphatic heterocycles. The minimum Gasteiger partial charge on any atom is -0.496 e. The van der Waals surface area contributed by atoms with Gasteiger partial charge in [0.05, 0.1) is 23.3 Å². The number of benzene rings is 2. The highest BCUT2D eigenvalue weighted by Crippen LogP contribution is 2.35. The summed E-state index contributed by atoms with van der Waals surface area (Å²) >= 11 is 0. The number of ether oxygens (including phenoxy) is 1. The number of nitro benzene ring substituents is 1. The Kier molecular flexibility index (Phi) is 4.77. The summed E-state index contributed by atoms with van der Waals surface area (Å²) in [6, 6.07) is 15.3. The maximum absolute atomic E-state index is 12.7. The molecule has 0 atom stereocenters. The molecule has 30 heavy (non-hydrogen) atoms. The zero-order valence-electron chi connectivity index (χ0n) is 15.7. The number of methoxy groups -OCH3 is 1. The Labute approximate surface area is 170 Å². The molecule has 0 bridgehead atoms. The SMILES string of the molecule is COc1ccc([N+](=O)[O-])cc1-c1ccc(/C=C2\NC(=O)N(c3ccccc3)C2=O)o1. The lowest BCUT2D eigenvalue weighted by Crippen LogP contribution is -2.30. The van der Waals surface area contributed by atoms with Gasteiger partial charge in [0, 0.05) is 18.2 Å². The topological polar surface area (TPSA) is 115 Å². The Bertz CT molecular complexity index is 1180. The van der Waals surface area contributed by atoms with Crippen molar-refractivity contribution in [2.24, 2.45) is 0 Å². The molecule has 1 aromatic heterocycles. The summed E-state index contributed by atoms with van der Waals surface area (Å²) in [6.07, 6.45) is 1.40. The van der Waals surface area contributed by atoms with E-state index in [0.717, 1.165) is 4.90 Å². The van der Waals surface area contributed by atoms with Crippen LogP contribution in [-0.4, -0.2) is 24.0 Å². The second-order valence-corrected chi connectivity index (χ2v) is 6.31. The standard InChI is InChI=1S/C21H15N3O6/c1-29-18-9-7-14(24(27)28)11-16(18)19-10-8-15(30-19)12-17-20(25)23(21(26)22-17)13-5-3-2-4-6-13/h2-12H,1H3,(H,22,26)/b17-12-. The third-order valence-corrected chi connectivity index (χ3v) is 4.47. The Morgan fingerprint density at radius 1 is 1.10 bits per heavy atom. The van der Waals surface area contributed by atoms with Crippen LogP contribution in [0.1, 0.15) is 5.76 Å². The molecule has 1 saturated heterocycles. The monoisotopic (exact) mass is 405 g/mol. The summed E-state index contributed by atoms with van der Waals surface area (Å²) in [4.78, 5) is 36.5. The Morgan fingerprint density at radius 3 is 2.57 bits per heavy atom. The van der Waals surface area contributed by atoms with E-state index in [0.29, 0.717) is 22.8 Å². The predicted molar refractivity (Wildman–Crippen MR) is 108 cm³/mol. The van der Waals surface area contributed by atoms with Crippen LogP contribution in [0, 0.1) is 10.1 Å². The largest absolute Gasteiger partial charge is 0.496 e. The van der Waals surface area contributed by atoms with E-state index in [1.54, 1.807) is 42.5 Å². The number of rotatable bonds is 5.